The van der Waals surface area contributed by atoms with E-state index in [0.29, 0.717) is 31.2 Å². The molecule has 0 spiro atoms. The molecule has 1 aliphatic rings. The first kappa shape index (κ1) is 15.6. The minimum atomic E-state index is -3.44. The fourth-order valence-electron chi connectivity index (χ4n) is 2.24. The molecule has 1 aliphatic heterocycles. The Morgan fingerprint density at radius 2 is 1.85 bits per heavy atom. The highest BCUT2D eigenvalue weighted by Crippen LogP contribution is 2.24. The molecule has 0 amide bonds. The summed E-state index contributed by atoms with van der Waals surface area (Å²) >= 11 is 5.91. The van der Waals surface area contributed by atoms with Crippen LogP contribution in [0.5, 0.6) is 0 Å². The van der Waals surface area contributed by atoms with Gasteiger partial charge in [0, 0.05) is 42.1 Å². The van der Waals surface area contributed by atoms with E-state index in [1.807, 2.05) is 0 Å². The van der Waals surface area contributed by atoms with E-state index in [9.17, 15) is 8.42 Å². The lowest BCUT2D eigenvalue weighted by atomic mass is 10.2. The average molecular weight is 336 g/mol. The fourth-order valence-corrected chi connectivity index (χ4v) is 3.88. The third-order valence-electron chi connectivity index (χ3n) is 3.25. The van der Waals surface area contributed by atoms with Gasteiger partial charge in [0.15, 0.2) is 0 Å². The van der Waals surface area contributed by atoms with Crippen molar-refractivity contribution >= 4 is 44.9 Å². The van der Waals surface area contributed by atoms with Crippen LogP contribution in [0.3, 0.4) is 0 Å². The second-order valence-electron chi connectivity index (χ2n) is 4.52. The molecular weight excluding hydrogens is 321 g/mol. The van der Waals surface area contributed by atoms with Gasteiger partial charge in [-0.05, 0) is 24.3 Å². The van der Waals surface area contributed by atoms with Crippen molar-refractivity contribution < 1.29 is 8.42 Å². The Kier molecular flexibility index (Phi) is 4.61. The van der Waals surface area contributed by atoms with Gasteiger partial charge >= 0.3 is 0 Å². The van der Waals surface area contributed by atoms with Crippen molar-refractivity contribution in [3.8, 4) is 0 Å². The van der Waals surface area contributed by atoms with Gasteiger partial charge in [0.2, 0.25) is 0 Å². The summed E-state index contributed by atoms with van der Waals surface area (Å²) < 4.78 is 26.4. The first-order chi connectivity index (χ1) is 9.07. The smallest absolute Gasteiger partial charge is 0.258 e. The minimum absolute atomic E-state index is 0. The number of aromatic amines is 1. The van der Waals surface area contributed by atoms with Crippen LogP contribution < -0.4 is 5.32 Å². The Hall–Kier alpha value is -0.790. The predicted octanol–water partition coefficient (Wildman–Crippen LogP) is 1.84. The predicted molar refractivity (Wildman–Crippen MR) is 82.2 cm³/mol. The lowest BCUT2D eigenvalue weighted by molar-refractivity contribution is 0.359. The van der Waals surface area contributed by atoms with Crippen molar-refractivity contribution in [2.45, 2.75) is 5.03 Å². The second kappa shape index (κ2) is 5.91. The molecular formula is C12H15Cl2N3O2S. The SMILES string of the molecule is Cl.O=S(=O)(c1cc2cc(Cl)ccc2[nH]1)N1CCNCC1. The van der Waals surface area contributed by atoms with Gasteiger partial charge in [-0.1, -0.05) is 11.6 Å². The highest BCUT2D eigenvalue weighted by Gasteiger charge is 2.27. The molecule has 2 aromatic rings. The molecule has 1 aromatic carbocycles. The molecule has 0 aliphatic carbocycles. The molecule has 0 unspecified atom stereocenters. The van der Waals surface area contributed by atoms with Gasteiger partial charge < -0.3 is 10.3 Å². The molecule has 110 valence electrons. The normalized spacial score (nSPS) is 17.1. The Labute approximate surface area is 128 Å². The maximum Gasteiger partial charge on any atom is 0.258 e. The number of sulfonamides is 1. The van der Waals surface area contributed by atoms with Gasteiger partial charge in [-0.2, -0.15) is 4.31 Å². The quantitative estimate of drug-likeness (QED) is 0.880. The molecule has 5 nitrogen and oxygen atoms in total. The zero-order valence-corrected chi connectivity index (χ0v) is 13.0. The number of halogens is 2. The van der Waals surface area contributed by atoms with Crippen LogP contribution in [0.4, 0.5) is 0 Å². The lowest BCUT2D eigenvalue weighted by Crippen LogP contribution is -2.46. The van der Waals surface area contributed by atoms with E-state index < -0.39 is 10.0 Å². The minimum Gasteiger partial charge on any atom is -0.345 e. The van der Waals surface area contributed by atoms with E-state index >= 15 is 0 Å². The van der Waals surface area contributed by atoms with Crippen LogP contribution in [0.25, 0.3) is 10.9 Å². The number of aromatic nitrogens is 1. The number of benzene rings is 1. The summed E-state index contributed by atoms with van der Waals surface area (Å²) in [6.45, 7) is 2.37. The number of H-pyrrole nitrogens is 1. The largest absolute Gasteiger partial charge is 0.345 e. The number of nitrogens with zero attached hydrogens (tertiary/aromatic N) is 1. The van der Waals surface area contributed by atoms with Crippen molar-refractivity contribution in [1.29, 1.82) is 0 Å². The molecule has 1 saturated heterocycles. The molecule has 0 saturated carbocycles. The molecule has 0 atom stereocenters. The molecule has 1 aromatic heterocycles. The number of hydrogen-bond donors (Lipinski definition) is 2. The average Bonchev–Trinajstić information content (AvgIpc) is 2.83. The number of piperazine rings is 1. The Morgan fingerprint density at radius 3 is 2.55 bits per heavy atom. The van der Waals surface area contributed by atoms with Gasteiger partial charge in [0.25, 0.3) is 10.0 Å². The van der Waals surface area contributed by atoms with Crippen molar-refractivity contribution in [3.05, 3.63) is 29.3 Å². The monoisotopic (exact) mass is 335 g/mol. The summed E-state index contributed by atoms with van der Waals surface area (Å²) in [5.74, 6) is 0. The van der Waals surface area contributed by atoms with E-state index in [2.05, 4.69) is 10.3 Å². The van der Waals surface area contributed by atoms with Crippen LogP contribution in [0.15, 0.2) is 29.3 Å². The van der Waals surface area contributed by atoms with E-state index in [4.69, 9.17) is 11.6 Å². The van der Waals surface area contributed by atoms with Crippen LogP contribution in [-0.2, 0) is 10.0 Å². The summed E-state index contributed by atoms with van der Waals surface area (Å²) in [6, 6.07) is 6.92. The van der Waals surface area contributed by atoms with Gasteiger partial charge in [0.1, 0.15) is 5.03 Å². The standard InChI is InChI=1S/C12H14ClN3O2S.ClH/c13-10-1-2-11-9(7-10)8-12(15-11)19(17,18)16-5-3-14-4-6-16;/h1-2,7-8,14-15H,3-6H2;1H. The number of rotatable bonds is 2. The van der Waals surface area contributed by atoms with E-state index in [0.717, 1.165) is 10.9 Å². The maximum absolute atomic E-state index is 12.5. The Bertz CT molecular complexity index is 709. The van der Waals surface area contributed by atoms with Gasteiger partial charge in [-0.25, -0.2) is 8.42 Å². The number of fused-ring (bicyclic) bond motifs is 1. The maximum atomic E-state index is 12.5. The molecule has 2 heterocycles. The van der Waals surface area contributed by atoms with Crippen molar-refractivity contribution in [1.82, 2.24) is 14.6 Å². The summed E-state index contributed by atoms with van der Waals surface area (Å²) in [7, 11) is -3.44. The van der Waals surface area contributed by atoms with E-state index in [1.54, 1.807) is 24.3 Å². The summed E-state index contributed by atoms with van der Waals surface area (Å²) in [4.78, 5) is 2.95. The lowest BCUT2D eigenvalue weighted by Gasteiger charge is -2.25. The van der Waals surface area contributed by atoms with Crippen LogP contribution in [-0.4, -0.2) is 43.9 Å². The van der Waals surface area contributed by atoms with Crippen LogP contribution in [0.2, 0.25) is 5.02 Å². The van der Waals surface area contributed by atoms with E-state index in [-0.39, 0.29) is 17.4 Å². The summed E-state index contributed by atoms with van der Waals surface area (Å²) in [5, 5.41) is 4.77. The first-order valence-electron chi connectivity index (χ1n) is 6.06. The fraction of sp³-hybridized carbons (Fsp3) is 0.333. The molecule has 2 N–H and O–H groups in total. The van der Waals surface area contributed by atoms with Gasteiger partial charge in [0.05, 0.1) is 0 Å². The van der Waals surface area contributed by atoms with Crippen molar-refractivity contribution in [2.75, 3.05) is 26.2 Å². The number of hydrogen-bond acceptors (Lipinski definition) is 3. The first-order valence-corrected chi connectivity index (χ1v) is 7.88. The zero-order chi connectivity index (χ0) is 13.5. The topological polar surface area (TPSA) is 65.2 Å². The van der Waals surface area contributed by atoms with Gasteiger partial charge in [-0.15, -0.1) is 12.4 Å². The highest BCUT2D eigenvalue weighted by molar-refractivity contribution is 7.89. The molecule has 3 rings (SSSR count). The van der Waals surface area contributed by atoms with Crippen LogP contribution in [0.1, 0.15) is 0 Å². The third-order valence-corrected chi connectivity index (χ3v) is 5.31. The van der Waals surface area contributed by atoms with Crippen LogP contribution in [0, 0.1) is 0 Å². The Balaban J connectivity index is 0.00000147. The molecule has 8 heteroatoms. The molecule has 0 radical (unpaired) electrons. The molecule has 0 bridgehead atoms. The van der Waals surface area contributed by atoms with Gasteiger partial charge in [-0.3, -0.25) is 0 Å². The summed E-state index contributed by atoms with van der Waals surface area (Å²) in [5.41, 5.74) is 0.776. The van der Waals surface area contributed by atoms with Crippen LogP contribution >= 0.6 is 24.0 Å². The van der Waals surface area contributed by atoms with E-state index in [1.165, 1.54) is 4.31 Å². The van der Waals surface area contributed by atoms with Crippen molar-refractivity contribution in [3.63, 3.8) is 0 Å². The summed E-state index contributed by atoms with van der Waals surface area (Å²) in [6.07, 6.45) is 0. The third kappa shape index (κ3) is 2.80. The molecule has 20 heavy (non-hydrogen) atoms. The Morgan fingerprint density at radius 1 is 1.15 bits per heavy atom. The highest BCUT2D eigenvalue weighted by atomic mass is 35.5. The van der Waals surface area contributed by atoms with Crippen molar-refractivity contribution in [2.24, 2.45) is 0 Å². The molecule has 1 fully saturated rings. The zero-order valence-electron chi connectivity index (χ0n) is 10.6. The number of nitrogens with one attached hydrogen (secondary N) is 2. The second-order valence-corrected chi connectivity index (χ2v) is 6.86.